The van der Waals surface area contributed by atoms with Gasteiger partial charge in [0.05, 0.1) is 29.8 Å². The minimum Gasteiger partial charge on any atom is -0.494 e. The lowest BCUT2D eigenvalue weighted by atomic mass is 9.74. The summed E-state index contributed by atoms with van der Waals surface area (Å²) in [5.74, 6) is -1.08. The number of amides is 3. The van der Waals surface area contributed by atoms with Gasteiger partial charge in [-0.3, -0.25) is 14.4 Å². The van der Waals surface area contributed by atoms with E-state index in [1.54, 1.807) is 16.7 Å². The van der Waals surface area contributed by atoms with Gasteiger partial charge in [0, 0.05) is 36.6 Å². The molecule has 2 saturated heterocycles. The molecule has 38 heavy (non-hydrogen) atoms. The van der Waals surface area contributed by atoms with Crippen LogP contribution in [0.4, 0.5) is 5.69 Å². The number of nitrogens with zero attached hydrogens (tertiary/aromatic N) is 3. The first kappa shape index (κ1) is 26.8. The van der Waals surface area contributed by atoms with Crippen LogP contribution in [0.5, 0.6) is 5.75 Å². The van der Waals surface area contributed by atoms with Crippen molar-refractivity contribution in [1.82, 2.24) is 9.80 Å². The van der Waals surface area contributed by atoms with Crippen molar-refractivity contribution in [3.05, 3.63) is 48.6 Å². The zero-order valence-electron chi connectivity index (χ0n) is 22.3. The van der Waals surface area contributed by atoms with Crippen LogP contribution in [0.1, 0.15) is 33.6 Å². The molecule has 0 radical (unpaired) electrons. The van der Waals surface area contributed by atoms with Crippen molar-refractivity contribution in [2.24, 2.45) is 11.8 Å². The number of carbonyl (C=O) groups is 3. The lowest BCUT2D eigenvalue weighted by molar-refractivity contribution is -0.143. The molecule has 1 N–H and O–H groups in total. The maximum absolute atomic E-state index is 14.3. The largest absolute Gasteiger partial charge is 0.494 e. The van der Waals surface area contributed by atoms with E-state index in [-0.39, 0.29) is 30.9 Å². The molecule has 0 aromatic heterocycles. The molecular formula is C29H37N3O5S. The highest BCUT2D eigenvalue weighted by atomic mass is 32.2. The van der Waals surface area contributed by atoms with Crippen molar-refractivity contribution in [2.75, 3.05) is 44.3 Å². The number of hydrogen-bond donors (Lipinski definition) is 1. The number of carbonyl (C=O) groups excluding carboxylic acids is 3. The number of aliphatic hydroxyl groups is 1. The molecule has 5 atom stereocenters. The Morgan fingerprint density at radius 3 is 2.39 bits per heavy atom. The molecule has 4 aliphatic rings. The third-order valence-corrected chi connectivity index (χ3v) is 10.0. The van der Waals surface area contributed by atoms with Crippen LogP contribution in [0, 0.1) is 11.8 Å². The van der Waals surface area contributed by atoms with Crippen LogP contribution in [-0.4, -0.2) is 87.6 Å². The Balaban J connectivity index is 1.56. The molecule has 0 bridgehead atoms. The van der Waals surface area contributed by atoms with Crippen LogP contribution in [0.3, 0.4) is 0 Å². The molecule has 0 saturated carbocycles. The minimum atomic E-state index is -0.883. The second-order valence-electron chi connectivity index (χ2n) is 10.6. The van der Waals surface area contributed by atoms with E-state index in [2.05, 4.69) is 13.0 Å². The molecule has 3 amide bonds. The summed E-state index contributed by atoms with van der Waals surface area (Å²) < 4.78 is 4.02. The van der Waals surface area contributed by atoms with Crippen molar-refractivity contribution in [1.29, 1.82) is 0 Å². The predicted molar refractivity (Wildman–Crippen MR) is 148 cm³/mol. The summed E-state index contributed by atoms with van der Waals surface area (Å²) in [7, 11) is 0. The molecule has 4 aliphatic heterocycles. The highest BCUT2D eigenvalue weighted by molar-refractivity contribution is 8.02. The second kappa shape index (κ2) is 10.4. The van der Waals surface area contributed by atoms with E-state index in [1.807, 2.05) is 61.2 Å². The van der Waals surface area contributed by atoms with Crippen LogP contribution in [0.2, 0.25) is 0 Å². The van der Waals surface area contributed by atoms with E-state index in [4.69, 9.17) is 4.74 Å². The Hall–Kier alpha value is -2.78. The van der Waals surface area contributed by atoms with Gasteiger partial charge in [-0.1, -0.05) is 37.6 Å². The summed E-state index contributed by atoms with van der Waals surface area (Å²) in [5, 5.41) is 9.85. The fourth-order valence-electron chi connectivity index (χ4n) is 6.59. The highest BCUT2D eigenvalue weighted by Gasteiger charge is 2.73. The van der Waals surface area contributed by atoms with E-state index < -0.39 is 27.4 Å². The van der Waals surface area contributed by atoms with Crippen LogP contribution in [0.25, 0.3) is 0 Å². The Labute approximate surface area is 228 Å². The van der Waals surface area contributed by atoms with Gasteiger partial charge in [0.15, 0.2) is 0 Å². The van der Waals surface area contributed by atoms with Gasteiger partial charge in [0.25, 0.3) is 0 Å². The molecule has 4 heterocycles. The van der Waals surface area contributed by atoms with Crippen LogP contribution >= 0.6 is 11.8 Å². The molecule has 8 nitrogen and oxygen atoms in total. The minimum absolute atomic E-state index is 0.0690. The molecule has 9 heteroatoms. The number of unbranched alkanes of at least 4 members (excludes halogenated alkanes) is 1. The van der Waals surface area contributed by atoms with Gasteiger partial charge in [-0.15, -0.1) is 11.8 Å². The lowest BCUT2D eigenvalue weighted by Crippen LogP contribution is -2.54. The Kier molecular flexibility index (Phi) is 7.35. The third kappa shape index (κ3) is 4.14. The second-order valence-corrected chi connectivity index (χ2v) is 12.4. The molecule has 1 aromatic rings. The molecule has 1 aromatic carbocycles. The van der Waals surface area contributed by atoms with Crippen molar-refractivity contribution in [3.63, 3.8) is 0 Å². The summed E-state index contributed by atoms with van der Waals surface area (Å²) in [4.78, 5) is 47.6. The molecule has 2 fully saturated rings. The average molecular weight is 540 g/mol. The topological polar surface area (TPSA) is 90.4 Å². The zero-order valence-corrected chi connectivity index (χ0v) is 23.2. The number of fused-ring (bicyclic) bond motifs is 2. The van der Waals surface area contributed by atoms with Gasteiger partial charge in [0.2, 0.25) is 17.7 Å². The van der Waals surface area contributed by atoms with Gasteiger partial charge < -0.3 is 24.5 Å². The van der Waals surface area contributed by atoms with Gasteiger partial charge in [-0.2, -0.15) is 0 Å². The fourth-order valence-corrected chi connectivity index (χ4v) is 8.74. The van der Waals surface area contributed by atoms with Crippen molar-refractivity contribution in [3.8, 4) is 5.75 Å². The van der Waals surface area contributed by atoms with E-state index in [0.717, 1.165) is 24.3 Å². The zero-order chi connectivity index (χ0) is 27.1. The smallest absolute Gasteiger partial charge is 0.247 e. The summed E-state index contributed by atoms with van der Waals surface area (Å²) in [6.45, 7) is 7.91. The molecule has 1 unspecified atom stereocenters. The van der Waals surface area contributed by atoms with Crippen molar-refractivity contribution < 1.29 is 24.2 Å². The molecule has 1 spiro atoms. The number of likely N-dealkylation sites (tertiary alicyclic amines) is 1. The Bertz CT molecular complexity index is 1150. The van der Waals surface area contributed by atoms with Gasteiger partial charge in [0.1, 0.15) is 11.8 Å². The normalized spacial score (nSPS) is 32.3. The lowest BCUT2D eigenvalue weighted by Gasteiger charge is -2.36. The SMILES string of the molecule is CCCCN1CC=C[C@]23S[C@@]4(C)C=CCN(c5ccc(OCC)cc5)C(=O)[C@H]4[C@H]2C(=O)N(CCO)C3C1=O. The number of β-amino-alcohol motifs (C(OH)–C–C–N with tert-alkyl or cyclic N) is 1. The summed E-state index contributed by atoms with van der Waals surface area (Å²) >= 11 is 1.57. The van der Waals surface area contributed by atoms with E-state index in [1.165, 1.54) is 4.90 Å². The number of hydrogen-bond acceptors (Lipinski definition) is 6. The monoisotopic (exact) mass is 539 g/mol. The first-order valence-electron chi connectivity index (χ1n) is 13.6. The number of rotatable bonds is 8. The van der Waals surface area contributed by atoms with Gasteiger partial charge in [-0.05, 0) is 44.5 Å². The van der Waals surface area contributed by atoms with Gasteiger partial charge in [-0.25, -0.2) is 0 Å². The summed E-state index contributed by atoms with van der Waals surface area (Å²) in [6, 6.07) is 6.69. The van der Waals surface area contributed by atoms with Crippen molar-refractivity contribution in [2.45, 2.75) is 49.1 Å². The van der Waals surface area contributed by atoms with E-state index in [9.17, 15) is 19.5 Å². The maximum atomic E-state index is 14.3. The number of aliphatic hydroxyl groups excluding tert-OH is 1. The summed E-state index contributed by atoms with van der Waals surface area (Å²) in [5.41, 5.74) is 0.741. The van der Waals surface area contributed by atoms with E-state index in [0.29, 0.717) is 26.2 Å². The van der Waals surface area contributed by atoms with Gasteiger partial charge >= 0.3 is 0 Å². The van der Waals surface area contributed by atoms with E-state index >= 15 is 0 Å². The number of thioether (sulfide) groups is 1. The molecule has 5 rings (SSSR count). The fraction of sp³-hybridized carbons (Fsp3) is 0.552. The van der Waals surface area contributed by atoms with Crippen LogP contribution < -0.4 is 9.64 Å². The standard InChI is InChI=1S/C29H37N3O5S/c1-4-6-15-30-16-8-14-29-23(26(35)32(18-19-33)24(29)27(30)36)22-25(34)31(17-7-13-28(22,3)38-29)20-9-11-21(12-10-20)37-5-2/h7-14,22-24,33H,4-6,15-19H2,1-3H3/t22-,23+,24?,28+,29+/m1/s1. The molecular weight excluding hydrogens is 502 g/mol. The molecule has 0 aliphatic carbocycles. The highest BCUT2D eigenvalue weighted by Crippen LogP contribution is 2.65. The van der Waals surface area contributed by atoms with Crippen LogP contribution in [0.15, 0.2) is 48.6 Å². The first-order chi connectivity index (χ1) is 18.3. The first-order valence-corrected chi connectivity index (χ1v) is 14.4. The Morgan fingerprint density at radius 1 is 0.974 bits per heavy atom. The van der Waals surface area contributed by atoms with Crippen molar-refractivity contribution >= 4 is 35.2 Å². The Morgan fingerprint density at radius 2 is 1.71 bits per heavy atom. The third-order valence-electron chi connectivity index (χ3n) is 8.22. The predicted octanol–water partition coefficient (Wildman–Crippen LogP) is 2.87. The molecule has 204 valence electrons. The maximum Gasteiger partial charge on any atom is 0.247 e. The number of anilines is 1. The quantitative estimate of drug-likeness (QED) is 0.511. The number of ether oxygens (including phenoxy) is 1. The summed E-state index contributed by atoms with van der Waals surface area (Å²) in [6.07, 6.45) is 9.91. The average Bonchev–Trinajstić information content (AvgIpc) is 3.16. The number of benzene rings is 1. The van der Waals surface area contributed by atoms with Crippen LogP contribution in [-0.2, 0) is 14.4 Å².